The van der Waals surface area contributed by atoms with Crippen molar-refractivity contribution in [2.45, 2.75) is 52.2 Å². The minimum Gasteiger partial charge on any atom is -0.384 e. The van der Waals surface area contributed by atoms with Gasteiger partial charge in [-0.3, -0.25) is 0 Å². The summed E-state index contributed by atoms with van der Waals surface area (Å²) >= 11 is 0. The van der Waals surface area contributed by atoms with E-state index >= 15 is 0 Å². The van der Waals surface area contributed by atoms with Gasteiger partial charge >= 0.3 is 0 Å². The van der Waals surface area contributed by atoms with E-state index in [2.05, 4.69) is 48.7 Å². The summed E-state index contributed by atoms with van der Waals surface area (Å²) in [6, 6.07) is 3.71. The summed E-state index contributed by atoms with van der Waals surface area (Å²) in [5.74, 6) is 0.745. The van der Waals surface area contributed by atoms with Gasteiger partial charge in [-0.05, 0) is 58.4 Å². The quantitative estimate of drug-likeness (QED) is 0.870. The van der Waals surface area contributed by atoms with E-state index in [0.717, 1.165) is 34.5 Å². The Morgan fingerprint density at radius 3 is 2.40 bits per heavy atom. The van der Waals surface area contributed by atoms with Gasteiger partial charge < -0.3 is 16.2 Å². The van der Waals surface area contributed by atoms with E-state index in [1.54, 1.807) is 12.3 Å². The zero-order valence-corrected chi connectivity index (χ0v) is 15.4. The van der Waals surface area contributed by atoms with E-state index in [-0.39, 0.29) is 17.2 Å². The molecular formula is C19H25N5O. The summed E-state index contributed by atoms with van der Waals surface area (Å²) in [6.45, 7) is 10.2. The second-order valence-electron chi connectivity index (χ2n) is 7.67. The van der Waals surface area contributed by atoms with Gasteiger partial charge in [0, 0.05) is 23.7 Å². The molecule has 3 heterocycles. The highest BCUT2D eigenvalue weighted by atomic mass is 16.5. The van der Waals surface area contributed by atoms with Crippen LogP contribution in [-0.2, 0) is 4.74 Å². The second-order valence-corrected chi connectivity index (χ2v) is 7.67. The molecule has 0 atom stereocenters. The number of hydrogen-bond acceptors (Lipinski definition) is 6. The molecular weight excluding hydrogens is 314 g/mol. The molecule has 1 aliphatic heterocycles. The molecule has 4 N–H and O–H groups in total. The van der Waals surface area contributed by atoms with Gasteiger partial charge in [0.05, 0.1) is 22.6 Å². The van der Waals surface area contributed by atoms with Crippen molar-refractivity contribution in [2.75, 3.05) is 11.5 Å². The molecule has 2 aromatic rings. The van der Waals surface area contributed by atoms with E-state index in [4.69, 9.17) is 16.2 Å². The largest absolute Gasteiger partial charge is 0.384 e. The molecule has 0 saturated carbocycles. The van der Waals surface area contributed by atoms with E-state index < -0.39 is 0 Å². The lowest BCUT2D eigenvalue weighted by molar-refractivity contribution is -0.100. The molecule has 25 heavy (non-hydrogen) atoms. The summed E-state index contributed by atoms with van der Waals surface area (Å²) in [7, 11) is 0. The van der Waals surface area contributed by atoms with Gasteiger partial charge in [0.1, 0.15) is 5.82 Å². The third-order valence-corrected chi connectivity index (χ3v) is 4.16. The molecule has 0 saturated heterocycles. The number of hydrogen-bond donors (Lipinski definition) is 2. The number of ether oxygens (including phenoxy) is 1. The maximum atomic E-state index is 6.15. The van der Waals surface area contributed by atoms with E-state index in [1.807, 2.05) is 13.0 Å². The summed E-state index contributed by atoms with van der Waals surface area (Å²) < 4.78 is 6.15. The van der Waals surface area contributed by atoms with Crippen molar-refractivity contribution >= 4 is 17.3 Å². The molecule has 0 radical (unpaired) electrons. The first-order valence-corrected chi connectivity index (χ1v) is 8.35. The molecule has 3 rings (SSSR count). The van der Waals surface area contributed by atoms with Gasteiger partial charge in [-0.25, -0.2) is 15.0 Å². The van der Waals surface area contributed by atoms with Crippen LogP contribution in [0.15, 0.2) is 24.4 Å². The van der Waals surface area contributed by atoms with Crippen LogP contribution >= 0.6 is 0 Å². The molecule has 0 unspecified atom stereocenters. The van der Waals surface area contributed by atoms with E-state index in [0.29, 0.717) is 5.82 Å². The van der Waals surface area contributed by atoms with Crippen LogP contribution in [0.5, 0.6) is 0 Å². The van der Waals surface area contributed by atoms with Crippen molar-refractivity contribution in [3.05, 3.63) is 35.8 Å². The molecule has 1 aliphatic rings. The minimum absolute atomic E-state index is 0.266. The fraction of sp³-hybridized carbons (Fsp3) is 0.421. The SMILES string of the molecule is Cc1nc(N)nc(C2=CC(C)(C)OC(C)(C)C2)c1-c1ccc(N)nc1. The van der Waals surface area contributed by atoms with Gasteiger partial charge in [0.15, 0.2) is 0 Å². The van der Waals surface area contributed by atoms with Crippen LogP contribution < -0.4 is 11.5 Å². The molecule has 6 heteroatoms. The molecule has 0 spiro atoms. The summed E-state index contributed by atoms with van der Waals surface area (Å²) in [5, 5.41) is 0. The predicted octanol–water partition coefficient (Wildman–Crippen LogP) is 3.37. The zero-order valence-electron chi connectivity index (χ0n) is 15.4. The summed E-state index contributed by atoms with van der Waals surface area (Å²) in [6.07, 6.45) is 4.60. The summed E-state index contributed by atoms with van der Waals surface area (Å²) in [5.41, 5.74) is 15.6. The van der Waals surface area contributed by atoms with Crippen molar-refractivity contribution in [3.8, 4) is 11.1 Å². The maximum Gasteiger partial charge on any atom is 0.220 e. The van der Waals surface area contributed by atoms with Crippen molar-refractivity contribution in [1.82, 2.24) is 15.0 Å². The third-order valence-electron chi connectivity index (χ3n) is 4.16. The Hall–Kier alpha value is -2.47. The monoisotopic (exact) mass is 339 g/mol. The van der Waals surface area contributed by atoms with Crippen LogP contribution in [0.25, 0.3) is 16.7 Å². The molecule has 0 aliphatic carbocycles. The van der Waals surface area contributed by atoms with Gasteiger partial charge in [0.25, 0.3) is 0 Å². The molecule has 132 valence electrons. The molecule has 0 aromatic carbocycles. The fourth-order valence-electron chi connectivity index (χ4n) is 3.58. The third kappa shape index (κ3) is 3.64. The average molecular weight is 339 g/mol. The van der Waals surface area contributed by atoms with Crippen LogP contribution in [0.1, 0.15) is 45.5 Å². The molecule has 0 fully saturated rings. The first-order valence-electron chi connectivity index (χ1n) is 8.35. The number of nitrogens with zero attached hydrogens (tertiary/aromatic N) is 3. The fourth-order valence-corrected chi connectivity index (χ4v) is 3.58. The Kier molecular flexibility index (Phi) is 4.03. The van der Waals surface area contributed by atoms with Crippen LogP contribution in [0, 0.1) is 6.92 Å². The Bertz CT molecular complexity index is 838. The lowest BCUT2D eigenvalue weighted by atomic mass is 9.85. The Morgan fingerprint density at radius 1 is 1.08 bits per heavy atom. The van der Waals surface area contributed by atoms with Crippen molar-refractivity contribution in [2.24, 2.45) is 0 Å². The van der Waals surface area contributed by atoms with Gasteiger partial charge in [-0.15, -0.1) is 0 Å². The first-order chi connectivity index (χ1) is 11.6. The number of nitrogen functional groups attached to an aromatic ring is 2. The zero-order chi connectivity index (χ0) is 18.4. The second kappa shape index (κ2) is 5.81. The smallest absolute Gasteiger partial charge is 0.220 e. The highest BCUT2D eigenvalue weighted by Gasteiger charge is 2.35. The number of nitrogens with two attached hydrogens (primary N) is 2. The number of aromatic nitrogens is 3. The molecule has 6 nitrogen and oxygen atoms in total. The van der Waals surface area contributed by atoms with Crippen molar-refractivity contribution in [3.63, 3.8) is 0 Å². The maximum absolute atomic E-state index is 6.15. The van der Waals surface area contributed by atoms with Crippen LogP contribution in [-0.4, -0.2) is 26.2 Å². The molecule has 0 amide bonds. The standard InChI is InChI=1S/C19H25N5O/c1-11-15(12-6-7-14(20)22-10-12)16(24-17(21)23-11)13-8-18(2,3)25-19(4,5)9-13/h6-8,10H,9H2,1-5H3,(H2,20,22)(H2,21,23,24). The number of rotatable bonds is 2. The van der Waals surface area contributed by atoms with Gasteiger partial charge in [-0.1, -0.05) is 0 Å². The molecule has 0 bridgehead atoms. The van der Waals surface area contributed by atoms with Gasteiger partial charge in [0.2, 0.25) is 5.95 Å². The number of pyridine rings is 1. The highest BCUT2D eigenvalue weighted by Crippen LogP contribution is 2.41. The topological polar surface area (TPSA) is 99.9 Å². The van der Waals surface area contributed by atoms with Gasteiger partial charge in [-0.2, -0.15) is 0 Å². The number of anilines is 2. The lowest BCUT2D eigenvalue weighted by Crippen LogP contribution is -2.39. The first kappa shape index (κ1) is 17.4. The Morgan fingerprint density at radius 2 is 1.80 bits per heavy atom. The Balaban J connectivity index is 2.22. The minimum atomic E-state index is -0.388. The average Bonchev–Trinajstić information content (AvgIpc) is 2.44. The normalized spacial score (nSPS) is 18.7. The lowest BCUT2D eigenvalue weighted by Gasteiger charge is -2.40. The van der Waals surface area contributed by atoms with Crippen molar-refractivity contribution < 1.29 is 4.74 Å². The summed E-state index contributed by atoms with van der Waals surface area (Å²) in [4.78, 5) is 13.1. The Labute approximate surface area is 148 Å². The van der Waals surface area contributed by atoms with E-state index in [9.17, 15) is 0 Å². The van der Waals surface area contributed by atoms with Crippen LogP contribution in [0.3, 0.4) is 0 Å². The predicted molar refractivity (Wildman–Crippen MR) is 101 cm³/mol. The van der Waals surface area contributed by atoms with Crippen LogP contribution in [0.2, 0.25) is 0 Å². The van der Waals surface area contributed by atoms with Crippen molar-refractivity contribution in [1.29, 1.82) is 0 Å². The number of aryl methyl sites for hydroxylation is 1. The van der Waals surface area contributed by atoms with Crippen LogP contribution in [0.4, 0.5) is 11.8 Å². The van der Waals surface area contributed by atoms with E-state index in [1.165, 1.54) is 0 Å². The molecule has 2 aromatic heterocycles. The highest BCUT2D eigenvalue weighted by molar-refractivity contribution is 5.82.